The highest BCUT2D eigenvalue weighted by molar-refractivity contribution is 9.10. The summed E-state index contributed by atoms with van der Waals surface area (Å²) < 4.78 is 8.44. The number of nitro benzene ring substituents is 1. The number of nitro groups is 1. The molecule has 0 spiro atoms. The standard InChI is InChI=1S/C23H25BrN4O4/c1-12-7-13(2)14(3)21(8-12)32-20-10-18(9-19(11-20)28(30)31)25-23(29)17(6)27-16(5)22(24)15(4)26-27/h7-11,17H,1-6H3,(H,25,29). The van der Waals surface area contributed by atoms with Gasteiger partial charge in [0.05, 0.1) is 32.5 Å². The highest BCUT2D eigenvalue weighted by atomic mass is 79.9. The quantitative estimate of drug-likeness (QED) is 0.326. The normalized spacial score (nSPS) is 11.8. The van der Waals surface area contributed by atoms with E-state index in [9.17, 15) is 14.9 Å². The van der Waals surface area contributed by atoms with Gasteiger partial charge < -0.3 is 10.1 Å². The van der Waals surface area contributed by atoms with E-state index in [1.165, 1.54) is 12.1 Å². The van der Waals surface area contributed by atoms with Crippen LogP contribution in [-0.2, 0) is 4.79 Å². The topological polar surface area (TPSA) is 99.3 Å². The molecular weight excluding hydrogens is 476 g/mol. The van der Waals surface area contributed by atoms with Gasteiger partial charge in [0.1, 0.15) is 17.5 Å². The summed E-state index contributed by atoms with van der Waals surface area (Å²) in [6, 6.07) is 7.52. The molecular formula is C23H25BrN4O4. The number of amides is 1. The Bertz CT molecular complexity index is 1220. The fourth-order valence-corrected chi connectivity index (χ4v) is 3.69. The second kappa shape index (κ2) is 9.12. The van der Waals surface area contributed by atoms with Gasteiger partial charge in [0.25, 0.3) is 5.69 Å². The molecule has 1 unspecified atom stereocenters. The average molecular weight is 501 g/mol. The van der Waals surface area contributed by atoms with Crippen LogP contribution >= 0.6 is 15.9 Å². The molecule has 32 heavy (non-hydrogen) atoms. The Labute approximate surface area is 194 Å². The van der Waals surface area contributed by atoms with Crippen LogP contribution in [0, 0.1) is 44.7 Å². The third-order valence-corrected chi connectivity index (χ3v) is 6.49. The molecule has 3 aromatic rings. The van der Waals surface area contributed by atoms with Crippen molar-refractivity contribution >= 4 is 33.2 Å². The summed E-state index contributed by atoms with van der Waals surface area (Å²) in [6.07, 6.45) is 0. The van der Waals surface area contributed by atoms with Crippen LogP contribution in [0.2, 0.25) is 0 Å². The minimum Gasteiger partial charge on any atom is -0.457 e. The first kappa shape index (κ1) is 23.5. The summed E-state index contributed by atoms with van der Waals surface area (Å²) >= 11 is 3.46. The lowest BCUT2D eigenvalue weighted by atomic mass is 10.1. The van der Waals surface area contributed by atoms with Crippen LogP contribution in [0.15, 0.2) is 34.8 Å². The number of aromatic nitrogens is 2. The molecule has 0 radical (unpaired) electrons. The number of aryl methyl sites for hydroxylation is 3. The SMILES string of the molecule is Cc1cc(C)c(C)c(Oc2cc(NC(=O)C(C)n3nc(C)c(Br)c3C)cc([N+](=O)[O-])c2)c1. The van der Waals surface area contributed by atoms with E-state index in [2.05, 4.69) is 26.3 Å². The van der Waals surface area contributed by atoms with Gasteiger partial charge in [0.2, 0.25) is 5.91 Å². The molecule has 1 aromatic heterocycles. The molecule has 3 rings (SSSR count). The molecule has 1 N–H and O–H groups in total. The molecule has 0 aliphatic carbocycles. The zero-order valence-electron chi connectivity index (χ0n) is 18.8. The molecule has 0 aliphatic rings. The van der Waals surface area contributed by atoms with Crippen LogP contribution in [0.3, 0.4) is 0 Å². The van der Waals surface area contributed by atoms with Gasteiger partial charge in [-0.2, -0.15) is 5.10 Å². The summed E-state index contributed by atoms with van der Waals surface area (Å²) in [7, 11) is 0. The van der Waals surface area contributed by atoms with Crippen LogP contribution < -0.4 is 10.1 Å². The van der Waals surface area contributed by atoms with Gasteiger partial charge in [-0.05, 0) is 80.2 Å². The fraction of sp³-hybridized carbons (Fsp3) is 0.304. The minimum atomic E-state index is -0.620. The molecule has 0 saturated carbocycles. The highest BCUT2D eigenvalue weighted by Crippen LogP contribution is 2.33. The van der Waals surface area contributed by atoms with Crippen molar-refractivity contribution in [2.45, 2.75) is 47.6 Å². The van der Waals surface area contributed by atoms with Crippen molar-refractivity contribution in [1.29, 1.82) is 0 Å². The summed E-state index contributed by atoms with van der Waals surface area (Å²) in [5.74, 6) is 0.530. The van der Waals surface area contributed by atoms with E-state index in [4.69, 9.17) is 4.74 Å². The largest absolute Gasteiger partial charge is 0.457 e. The van der Waals surface area contributed by atoms with E-state index in [0.29, 0.717) is 5.75 Å². The van der Waals surface area contributed by atoms with E-state index in [1.807, 2.05) is 46.8 Å². The molecule has 9 heteroatoms. The summed E-state index contributed by atoms with van der Waals surface area (Å²) in [6.45, 7) is 11.3. The molecule has 8 nitrogen and oxygen atoms in total. The third kappa shape index (κ3) is 4.83. The number of carbonyl (C=O) groups excluding carboxylic acids is 1. The van der Waals surface area contributed by atoms with E-state index >= 15 is 0 Å². The van der Waals surface area contributed by atoms with Crippen LogP contribution in [0.5, 0.6) is 11.5 Å². The molecule has 1 amide bonds. The lowest BCUT2D eigenvalue weighted by Crippen LogP contribution is -2.25. The predicted molar refractivity (Wildman–Crippen MR) is 127 cm³/mol. The zero-order valence-corrected chi connectivity index (χ0v) is 20.4. The number of ether oxygens (including phenoxy) is 1. The van der Waals surface area contributed by atoms with Crippen molar-refractivity contribution < 1.29 is 14.5 Å². The van der Waals surface area contributed by atoms with E-state index in [-0.39, 0.29) is 23.0 Å². The number of nitrogens with zero attached hydrogens (tertiary/aromatic N) is 3. The first-order valence-electron chi connectivity index (χ1n) is 10.0. The van der Waals surface area contributed by atoms with Crippen molar-refractivity contribution in [3.05, 3.63) is 73.0 Å². The smallest absolute Gasteiger partial charge is 0.275 e. The molecule has 2 aromatic carbocycles. The summed E-state index contributed by atoms with van der Waals surface area (Å²) in [5, 5.41) is 18.6. The van der Waals surface area contributed by atoms with Gasteiger partial charge in [-0.15, -0.1) is 0 Å². The molecule has 168 valence electrons. The van der Waals surface area contributed by atoms with Gasteiger partial charge in [0, 0.05) is 12.1 Å². The molecule has 0 fully saturated rings. The van der Waals surface area contributed by atoms with Crippen molar-refractivity contribution in [1.82, 2.24) is 9.78 Å². The number of nitrogens with one attached hydrogen (secondary N) is 1. The lowest BCUT2D eigenvalue weighted by Gasteiger charge is -2.16. The maximum absolute atomic E-state index is 12.9. The van der Waals surface area contributed by atoms with Crippen molar-refractivity contribution in [2.75, 3.05) is 5.32 Å². The monoisotopic (exact) mass is 500 g/mol. The van der Waals surface area contributed by atoms with Crippen LogP contribution in [-0.4, -0.2) is 20.6 Å². The number of halogens is 1. The van der Waals surface area contributed by atoms with Gasteiger partial charge in [0.15, 0.2) is 0 Å². The number of carbonyl (C=O) groups is 1. The number of hydrogen-bond acceptors (Lipinski definition) is 5. The summed E-state index contributed by atoms with van der Waals surface area (Å²) in [4.78, 5) is 23.8. The first-order chi connectivity index (χ1) is 15.0. The number of anilines is 1. The maximum Gasteiger partial charge on any atom is 0.275 e. The second-order valence-corrected chi connectivity index (χ2v) is 8.67. The molecule has 0 aliphatic heterocycles. The van der Waals surface area contributed by atoms with Gasteiger partial charge in [-0.1, -0.05) is 6.07 Å². The fourth-order valence-electron chi connectivity index (χ4n) is 3.43. The number of benzene rings is 2. The second-order valence-electron chi connectivity index (χ2n) is 7.87. The Kier molecular flexibility index (Phi) is 6.68. The maximum atomic E-state index is 12.9. The minimum absolute atomic E-state index is 0.179. The average Bonchev–Trinajstić information content (AvgIpc) is 2.98. The number of hydrogen-bond donors (Lipinski definition) is 1. The predicted octanol–water partition coefficient (Wildman–Crippen LogP) is 6.09. The van der Waals surface area contributed by atoms with Crippen LogP contribution in [0.25, 0.3) is 0 Å². The Morgan fingerprint density at radius 2 is 1.84 bits per heavy atom. The van der Waals surface area contributed by atoms with Gasteiger partial charge in [-0.25, -0.2) is 0 Å². The van der Waals surface area contributed by atoms with E-state index < -0.39 is 11.0 Å². The van der Waals surface area contributed by atoms with E-state index in [1.54, 1.807) is 17.7 Å². The summed E-state index contributed by atoms with van der Waals surface area (Å²) in [5.41, 5.74) is 4.71. The molecule has 0 bridgehead atoms. The van der Waals surface area contributed by atoms with E-state index in [0.717, 1.165) is 32.6 Å². The van der Waals surface area contributed by atoms with Crippen LogP contribution in [0.1, 0.15) is 41.0 Å². The number of non-ortho nitro benzene ring substituents is 1. The van der Waals surface area contributed by atoms with Crippen molar-refractivity contribution in [2.24, 2.45) is 0 Å². The Hall–Kier alpha value is -3.20. The highest BCUT2D eigenvalue weighted by Gasteiger charge is 2.22. The van der Waals surface area contributed by atoms with Gasteiger partial charge in [-0.3, -0.25) is 19.6 Å². The van der Waals surface area contributed by atoms with Crippen molar-refractivity contribution in [3.63, 3.8) is 0 Å². The molecule has 1 atom stereocenters. The van der Waals surface area contributed by atoms with Crippen LogP contribution in [0.4, 0.5) is 11.4 Å². The Balaban J connectivity index is 1.91. The van der Waals surface area contributed by atoms with Crippen molar-refractivity contribution in [3.8, 4) is 11.5 Å². The first-order valence-corrected chi connectivity index (χ1v) is 10.8. The molecule has 0 saturated heterocycles. The Morgan fingerprint density at radius 1 is 1.16 bits per heavy atom. The third-order valence-electron chi connectivity index (χ3n) is 5.34. The zero-order chi connectivity index (χ0) is 23.7. The lowest BCUT2D eigenvalue weighted by molar-refractivity contribution is -0.384. The Morgan fingerprint density at radius 3 is 2.44 bits per heavy atom. The number of rotatable bonds is 6. The van der Waals surface area contributed by atoms with Gasteiger partial charge >= 0.3 is 0 Å². The molecule has 1 heterocycles.